The molecule has 0 aliphatic heterocycles. The number of nitrogens with one attached hydrogen (secondary N) is 1. The molecule has 0 fully saturated rings. The number of nitriles is 1. The van der Waals surface area contributed by atoms with Crippen LogP contribution >= 0.6 is 11.6 Å². The Morgan fingerprint density at radius 1 is 1.31 bits per heavy atom. The second-order valence-electron chi connectivity index (χ2n) is 5.93. The summed E-state index contributed by atoms with van der Waals surface area (Å²) in [4.78, 5) is 28.2. The van der Waals surface area contributed by atoms with Gasteiger partial charge in [0.05, 0.1) is 41.5 Å². The van der Waals surface area contributed by atoms with Crippen molar-refractivity contribution in [3.63, 3.8) is 0 Å². The molecule has 3 aromatic rings. The highest BCUT2D eigenvalue weighted by molar-refractivity contribution is 6.30. The zero-order valence-corrected chi connectivity index (χ0v) is 15.6. The van der Waals surface area contributed by atoms with Crippen LogP contribution in [0, 0.1) is 18.3 Å². The quantitative estimate of drug-likeness (QED) is 0.680. The molecule has 1 N–H and O–H groups in total. The van der Waals surface area contributed by atoms with Crippen LogP contribution in [0.15, 0.2) is 40.2 Å². The van der Waals surface area contributed by atoms with E-state index in [1.807, 2.05) is 11.2 Å². The molecule has 2 aromatic heterocycles. The van der Waals surface area contributed by atoms with Gasteiger partial charge in [-0.25, -0.2) is 18.9 Å². The first kappa shape index (κ1) is 20.2. The summed E-state index contributed by atoms with van der Waals surface area (Å²) in [6.07, 6.45) is -1.78. The Bertz CT molecular complexity index is 1230. The molecule has 29 heavy (non-hydrogen) atoms. The summed E-state index contributed by atoms with van der Waals surface area (Å²) in [7, 11) is 0. The summed E-state index contributed by atoms with van der Waals surface area (Å²) < 4.78 is 32.5. The molecule has 8 nitrogen and oxygen atoms in total. The number of aryl methyl sites for hydroxylation is 1. The first-order valence-corrected chi connectivity index (χ1v) is 8.47. The Balaban J connectivity index is 1.97. The van der Waals surface area contributed by atoms with E-state index in [0.717, 1.165) is 10.6 Å². The third-order valence-corrected chi connectivity index (χ3v) is 4.07. The number of aromatic amines is 1. The molecule has 0 saturated carbocycles. The van der Waals surface area contributed by atoms with Crippen LogP contribution < -0.4 is 15.9 Å². The minimum Gasteiger partial charge on any atom is -0.450 e. The first-order valence-electron chi connectivity index (χ1n) is 8.09. The van der Waals surface area contributed by atoms with Gasteiger partial charge in [0.15, 0.2) is 0 Å². The molecular formula is C18H12ClF2N5O3. The number of benzene rings is 1. The predicted octanol–water partition coefficient (Wildman–Crippen LogP) is 2.94. The Labute approximate surface area is 167 Å². The number of hydrogen-bond acceptors (Lipinski definition) is 6. The fourth-order valence-electron chi connectivity index (χ4n) is 2.47. The highest BCUT2D eigenvalue weighted by Gasteiger charge is 2.16. The lowest BCUT2D eigenvalue weighted by Gasteiger charge is -2.11. The van der Waals surface area contributed by atoms with Gasteiger partial charge in [-0.2, -0.15) is 10.4 Å². The van der Waals surface area contributed by atoms with Crippen molar-refractivity contribution >= 4 is 11.6 Å². The van der Waals surface area contributed by atoms with E-state index in [1.165, 1.54) is 24.5 Å². The van der Waals surface area contributed by atoms with Gasteiger partial charge in [-0.05, 0) is 31.2 Å². The van der Waals surface area contributed by atoms with Gasteiger partial charge in [-0.1, -0.05) is 11.6 Å². The number of hydrogen-bond donors (Lipinski definition) is 1. The van der Waals surface area contributed by atoms with E-state index in [-0.39, 0.29) is 40.0 Å². The van der Waals surface area contributed by atoms with Crippen LogP contribution in [0.5, 0.6) is 11.5 Å². The topological polar surface area (TPSA) is 114 Å². The smallest absolute Gasteiger partial charge is 0.296 e. The maximum Gasteiger partial charge on any atom is 0.296 e. The average molecular weight is 420 g/mol. The zero-order valence-electron chi connectivity index (χ0n) is 14.8. The summed E-state index contributed by atoms with van der Waals surface area (Å²) >= 11 is 5.94. The van der Waals surface area contributed by atoms with Gasteiger partial charge in [0.2, 0.25) is 5.75 Å². The van der Waals surface area contributed by atoms with E-state index in [9.17, 15) is 18.4 Å². The lowest BCUT2D eigenvalue weighted by atomic mass is 10.2. The molecule has 0 aliphatic carbocycles. The van der Waals surface area contributed by atoms with Gasteiger partial charge >= 0.3 is 0 Å². The third-order valence-electron chi connectivity index (χ3n) is 3.85. The highest BCUT2D eigenvalue weighted by atomic mass is 35.5. The van der Waals surface area contributed by atoms with Gasteiger partial charge < -0.3 is 4.74 Å². The van der Waals surface area contributed by atoms with Crippen LogP contribution in [0.3, 0.4) is 0 Å². The van der Waals surface area contributed by atoms with Gasteiger partial charge in [0.25, 0.3) is 17.5 Å². The lowest BCUT2D eigenvalue weighted by molar-refractivity contribution is 0.149. The largest absolute Gasteiger partial charge is 0.450 e. The van der Waals surface area contributed by atoms with Gasteiger partial charge in [-0.3, -0.25) is 14.2 Å². The third kappa shape index (κ3) is 4.47. The molecule has 0 unspecified atom stereocenters. The van der Waals surface area contributed by atoms with Crippen LogP contribution in [0.1, 0.15) is 28.9 Å². The summed E-state index contributed by atoms with van der Waals surface area (Å²) in [5.41, 5.74) is -1.81. The zero-order chi connectivity index (χ0) is 21.1. The van der Waals surface area contributed by atoms with E-state index in [0.29, 0.717) is 0 Å². The van der Waals surface area contributed by atoms with Crippen molar-refractivity contribution in [3.05, 3.63) is 78.8 Å². The van der Waals surface area contributed by atoms with E-state index < -0.39 is 23.1 Å². The number of H-pyrrole nitrogens is 1. The van der Waals surface area contributed by atoms with Crippen molar-refractivity contribution in [3.8, 4) is 17.6 Å². The van der Waals surface area contributed by atoms with Crippen LogP contribution in [0.25, 0.3) is 0 Å². The fraction of sp³-hybridized carbons (Fsp3) is 0.167. The van der Waals surface area contributed by atoms with Crippen molar-refractivity contribution in [1.82, 2.24) is 19.7 Å². The number of halogens is 3. The summed E-state index contributed by atoms with van der Waals surface area (Å²) in [6.45, 7) is 1.32. The maximum absolute atomic E-state index is 12.9. The number of rotatable bonds is 5. The standard InChI is InChI=1S/C18H12ClF2N5O3/c1-9-15(29-13-3-10(6-22)2-11(19)4-13)18(28)26(8-23-9)7-12-5-14(16(20)21)17(27)25-24-12/h2-5,8,16H,7H2,1H3,(H,25,27). The molecule has 0 radical (unpaired) electrons. The Morgan fingerprint density at radius 3 is 2.76 bits per heavy atom. The van der Waals surface area contributed by atoms with E-state index in [1.54, 1.807) is 6.92 Å². The normalized spacial score (nSPS) is 10.8. The van der Waals surface area contributed by atoms with E-state index in [4.69, 9.17) is 21.6 Å². The monoisotopic (exact) mass is 419 g/mol. The first-order chi connectivity index (χ1) is 13.8. The summed E-state index contributed by atoms with van der Waals surface area (Å²) in [6, 6.07) is 7.11. The molecule has 0 saturated heterocycles. The number of nitrogens with zero attached hydrogens (tertiary/aromatic N) is 4. The van der Waals surface area contributed by atoms with Crippen molar-refractivity contribution in [1.29, 1.82) is 5.26 Å². The molecule has 1 aromatic carbocycles. The van der Waals surface area contributed by atoms with Crippen LogP contribution in [0.4, 0.5) is 8.78 Å². The lowest BCUT2D eigenvalue weighted by Crippen LogP contribution is -2.25. The van der Waals surface area contributed by atoms with Crippen LogP contribution in [0.2, 0.25) is 5.02 Å². The fourth-order valence-corrected chi connectivity index (χ4v) is 2.69. The summed E-state index contributed by atoms with van der Waals surface area (Å²) in [5, 5.41) is 14.9. The van der Waals surface area contributed by atoms with Crippen molar-refractivity contribution < 1.29 is 13.5 Å². The average Bonchev–Trinajstić information content (AvgIpc) is 2.68. The maximum atomic E-state index is 12.9. The molecular weight excluding hydrogens is 408 g/mol. The Kier molecular flexibility index (Phi) is 5.70. The number of ether oxygens (including phenoxy) is 1. The van der Waals surface area contributed by atoms with Crippen LogP contribution in [-0.2, 0) is 6.54 Å². The van der Waals surface area contributed by atoms with Gasteiger partial charge in [-0.15, -0.1) is 0 Å². The van der Waals surface area contributed by atoms with E-state index >= 15 is 0 Å². The second-order valence-corrected chi connectivity index (χ2v) is 6.36. The molecule has 0 amide bonds. The SMILES string of the molecule is Cc1ncn(Cc2cc(C(F)F)c(=O)[nH]n2)c(=O)c1Oc1cc(Cl)cc(C#N)c1. The molecule has 0 spiro atoms. The minimum absolute atomic E-state index is 0.0353. The van der Waals surface area contributed by atoms with Crippen LogP contribution in [-0.4, -0.2) is 19.7 Å². The summed E-state index contributed by atoms with van der Waals surface area (Å²) in [5.74, 6) is 0.0353. The predicted molar refractivity (Wildman–Crippen MR) is 98.4 cm³/mol. The molecule has 2 heterocycles. The second kappa shape index (κ2) is 8.20. The molecule has 3 rings (SSSR count). The van der Waals surface area contributed by atoms with Crippen molar-refractivity contribution in [2.24, 2.45) is 0 Å². The highest BCUT2D eigenvalue weighted by Crippen LogP contribution is 2.25. The Morgan fingerprint density at radius 2 is 2.07 bits per heavy atom. The molecule has 148 valence electrons. The van der Waals surface area contributed by atoms with E-state index in [2.05, 4.69) is 10.1 Å². The Hall–Kier alpha value is -3.58. The molecule has 11 heteroatoms. The van der Waals surface area contributed by atoms with Crippen molar-refractivity contribution in [2.45, 2.75) is 19.9 Å². The minimum atomic E-state index is -2.98. The number of alkyl halides is 2. The molecule has 0 atom stereocenters. The van der Waals surface area contributed by atoms with Gasteiger partial charge in [0.1, 0.15) is 5.75 Å². The van der Waals surface area contributed by atoms with Gasteiger partial charge in [0, 0.05) is 5.02 Å². The van der Waals surface area contributed by atoms with Crippen molar-refractivity contribution in [2.75, 3.05) is 0 Å². The number of aromatic nitrogens is 4. The molecule has 0 aliphatic rings. The molecule has 0 bridgehead atoms.